The van der Waals surface area contributed by atoms with Crippen LogP contribution in [0.1, 0.15) is 28.3 Å². The number of aryl methyl sites for hydroxylation is 1. The van der Waals surface area contributed by atoms with Gasteiger partial charge < -0.3 is 5.32 Å². The summed E-state index contributed by atoms with van der Waals surface area (Å²) in [5.74, 6) is -0.739. The average molecular weight is 573 g/mol. The molecule has 1 unspecified atom stereocenters. The standard InChI is InChI=1S/C29H24ClF3N2O3S/c1-20-12-14-22(15-13-20)28(21-8-4-2-5-9-21)34-27(36)19-35(39(37,38)24-10-6-3-7-11-24)26-18-23(29(31,32)33)16-17-25(26)30/h2-18,28H,19H2,1H3,(H,34,36). The Balaban J connectivity index is 1.75. The van der Waals surface area contributed by atoms with Crippen molar-refractivity contribution in [1.82, 2.24) is 5.32 Å². The van der Waals surface area contributed by atoms with Gasteiger partial charge >= 0.3 is 6.18 Å². The Hall–Kier alpha value is -3.82. The number of alkyl halides is 3. The van der Waals surface area contributed by atoms with Gasteiger partial charge in [0.25, 0.3) is 10.0 Å². The molecular weight excluding hydrogens is 549 g/mol. The zero-order valence-electron chi connectivity index (χ0n) is 20.7. The van der Waals surface area contributed by atoms with E-state index in [9.17, 15) is 26.4 Å². The summed E-state index contributed by atoms with van der Waals surface area (Å²) in [5.41, 5.74) is 0.935. The topological polar surface area (TPSA) is 66.5 Å². The smallest absolute Gasteiger partial charge is 0.344 e. The van der Waals surface area contributed by atoms with Crippen molar-refractivity contribution in [3.05, 3.63) is 130 Å². The summed E-state index contributed by atoms with van der Waals surface area (Å²) in [6.07, 6.45) is -4.76. The van der Waals surface area contributed by atoms with Crippen molar-refractivity contribution in [2.24, 2.45) is 0 Å². The lowest BCUT2D eigenvalue weighted by Crippen LogP contribution is -2.42. The third-order valence-corrected chi connectivity index (χ3v) is 8.10. The van der Waals surface area contributed by atoms with Gasteiger partial charge in [0.1, 0.15) is 6.54 Å². The van der Waals surface area contributed by atoms with E-state index in [1.165, 1.54) is 24.3 Å². The number of halogens is 4. The van der Waals surface area contributed by atoms with E-state index >= 15 is 0 Å². The van der Waals surface area contributed by atoms with E-state index < -0.39 is 45.9 Å². The fourth-order valence-electron chi connectivity index (χ4n) is 4.00. The summed E-state index contributed by atoms with van der Waals surface area (Å²) in [6.45, 7) is 1.11. The van der Waals surface area contributed by atoms with Crippen LogP contribution < -0.4 is 9.62 Å². The van der Waals surface area contributed by atoms with Crippen LogP contribution in [0, 0.1) is 6.92 Å². The number of carbonyl (C=O) groups excluding carboxylic acids is 1. The first-order valence-corrected chi connectivity index (χ1v) is 13.6. The first-order valence-electron chi connectivity index (χ1n) is 11.8. The fourth-order valence-corrected chi connectivity index (χ4v) is 5.72. The number of sulfonamides is 1. The Labute approximate surface area is 229 Å². The van der Waals surface area contributed by atoms with Gasteiger partial charge in [0.05, 0.1) is 27.2 Å². The zero-order valence-corrected chi connectivity index (χ0v) is 22.3. The number of benzene rings is 4. The molecule has 0 heterocycles. The highest BCUT2D eigenvalue weighted by Gasteiger charge is 2.35. The Morgan fingerprint density at radius 2 is 1.44 bits per heavy atom. The van der Waals surface area contributed by atoms with Gasteiger partial charge in [-0.15, -0.1) is 0 Å². The van der Waals surface area contributed by atoms with Crippen molar-refractivity contribution in [2.75, 3.05) is 10.8 Å². The molecule has 0 fully saturated rings. The maximum absolute atomic E-state index is 13.7. The molecule has 0 spiro atoms. The summed E-state index contributed by atoms with van der Waals surface area (Å²) in [4.78, 5) is 13.2. The molecule has 0 aliphatic rings. The number of hydrogen-bond acceptors (Lipinski definition) is 3. The van der Waals surface area contributed by atoms with Gasteiger partial charge in [-0.3, -0.25) is 9.10 Å². The molecule has 0 aromatic heterocycles. The molecule has 1 amide bonds. The second-order valence-corrected chi connectivity index (χ2v) is 11.1. The van der Waals surface area contributed by atoms with Crippen molar-refractivity contribution in [3.63, 3.8) is 0 Å². The maximum atomic E-state index is 13.7. The highest BCUT2D eigenvalue weighted by Crippen LogP contribution is 2.37. The van der Waals surface area contributed by atoms with Crippen LogP contribution in [0.4, 0.5) is 18.9 Å². The maximum Gasteiger partial charge on any atom is 0.416 e. The van der Waals surface area contributed by atoms with E-state index in [4.69, 9.17) is 11.6 Å². The fraction of sp³-hybridized carbons (Fsp3) is 0.138. The van der Waals surface area contributed by atoms with Crippen LogP contribution in [0.3, 0.4) is 0 Å². The van der Waals surface area contributed by atoms with Crippen molar-refractivity contribution < 1.29 is 26.4 Å². The molecular formula is C29H24ClF3N2O3S. The number of amides is 1. The van der Waals surface area contributed by atoms with Crippen LogP contribution in [0.25, 0.3) is 0 Å². The van der Waals surface area contributed by atoms with Gasteiger partial charge in [0.2, 0.25) is 5.91 Å². The normalized spacial score (nSPS) is 12.5. The first-order chi connectivity index (χ1) is 18.5. The summed E-state index contributed by atoms with van der Waals surface area (Å²) in [5, 5.41) is 2.59. The molecule has 4 rings (SSSR count). The van der Waals surface area contributed by atoms with Gasteiger partial charge in [-0.1, -0.05) is 90.0 Å². The Morgan fingerprint density at radius 3 is 2.03 bits per heavy atom. The number of rotatable bonds is 8. The minimum Gasteiger partial charge on any atom is -0.344 e. The van der Waals surface area contributed by atoms with E-state index in [-0.39, 0.29) is 9.92 Å². The Morgan fingerprint density at radius 1 is 0.872 bits per heavy atom. The van der Waals surface area contributed by atoms with Gasteiger partial charge in [-0.05, 0) is 48.4 Å². The molecule has 0 aliphatic carbocycles. The minimum atomic E-state index is -4.76. The lowest BCUT2D eigenvalue weighted by atomic mass is 9.98. The summed E-state index contributed by atoms with van der Waals surface area (Å²) < 4.78 is 68.5. The van der Waals surface area contributed by atoms with Crippen LogP contribution in [-0.2, 0) is 21.0 Å². The molecule has 0 saturated carbocycles. The van der Waals surface area contributed by atoms with E-state index in [1.54, 1.807) is 18.2 Å². The van der Waals surface area contributed by atoms with Crippen molar-refractivity contribution in [2.45, 2.75) is 24.0 Å². The van der Waals surface area contributed by atoms with E-state index in [0.717, 1.165) is 28.8 Å². The molecule has 5 nitrogen and oxygen atoms in total. The number of nitrogens with one attached hydrogen (secondary N) is 1. The minimum absolute atomic E-state index is 0.204. The Kier molecular flexibility index (Phi) is 8.32. The van der Waals surface area contributed by atoms with Crippen LogP contribution in [0.5, 0.6) is 0 Å². The van der Waals surface area contributed by atoms with Gasteiger partial charge in [0, 0.05) is 0 Å². The molecule has 1 atom stereocenters. The molecule has 202 valence electrons. The monoisotopic (exact) mass is 572 g/mol. The lowest BCUT2D eigenvalue weighted by molar-refractivity contribution is -0.137. The van der Waals surface area contributed by atoms with Crippen LogP contribution in [0.2, 0.25) is 5.02 Å². The van der Waals surface area contributed by atoms with Crippen molar-refractivity contribution in [1.29, 1.82) is 0 Å². The summed E-state index contributed by atoms with van der Waals surface area (Å²) >= 11 is 6.23. The van der Waals surface area contributed by atoms with E-state index in [2.05, 4.69) is 5.32 Å². The molecule has 39 heavy (non-hydrogen) atoms. The molecule has 4 aromatic carbocycles. The third kappa shape index (κ3) is 6.61. The molecule has 0 aliphatic heterocycles. The van der Waals surface area contributed by atoms with Crippen molar-refractivity contribution in [3.8, 4) is 0 Å². The summed E-state index contributed by atoms with van der Waals surface area (Å²) in [6, 6.07) is 25.3. The SMILES string of the molecule is Cc1ccc(C(NC(=O)CN(c2cc(C(F)(F)F)ccc2Cl)S(=O)(=O)c2ccccc2)c2ccccc2)cc1. The largest absolute Gasteiger partial charge is 0.416 e. The number of nitrogens with zero attached hydrogens (tertiary/aromatic N) is 1. The number of anilines is 1. The van der Waals surface area contributed by atoms with Gasteiger partial charge in [-0.2, -0.15) is 13.2 Å². The lowest BCUT2D eigenvalue weighted by Gasteiger charge is -2.27. The molecule has 0 radical (unpaired) electrons. The Bertz CT molecular complexity index is 1550. The quantitative estimate of drug-likeness (QED) is 0.253. The van der Waals surface area contributed by atoms with E-state index in [0.29, 0.717) is 10.4 Å². The molecule has 10 heteroatoms. The van der Waals surface area contributed by atoms with Crippen LogP contribution in [0.15, 0.2) is 108 Å². The second kappa shape index (κ2) is 11.5. The van der Waals surface area contributed by atoms with Crippen LogP contribution in [-0.4, -0.2) is 20.9 Å². The van der Waals surface area contributed by atoms with Crippen LogP contribution >= 0.6 is 11.6 Å². The van der Waals surface area contributed by atoms with Crippen molar-refractivity contribution >= 4 is 33.2 Å². The molecule has 1 N–H and O–H groups in total. The van der Waals surface area contributed by atoms with Gasteiger partial charge in [-0.25, -0.2) is 8.42 Å². The first kappa shape index (κ1) is 28.2. The van der Waals surface area contributed by atoms with Gasteiger partial charge in [0.15, 0.2) is 0 Å². The predicted molar refractivity (Wildman–Crippen MR) is 145 cm³/mol. The predicted octanol–water partition coefficient (Wildman–Crippen LogP) is 6.77. The van der Waals surface area contributed by atoms with E-state index in [1.807, 2.05) is 49.4 Å². The summed E-state index contributed by atoms with van der Waals surface area (Å²) in [7, 11) is -4.48. The average Bonchev–Trinajstić information content (AvgIpc) is 2.92. The highest BCUT2D eigenvalue weighted by atomic mass is 35.5. The highest BCUT2D eigenvalue weighted by molar-refractivity contribution is 7.92. The molecule has 0 saturated heterocycles. The second-order valence-electron chi connectivity index (χ2n) is 8.81. The molecule has 0 bridgehead atoms. The number of hydrogen-bond donors (Lipinski definition) is 1. The molecule has 4 aromatic rings. The zero-order chi connectivity index (χ0) is 28.2. The third-order valence-electron chi connectivity index (χ3n) is 6.01. The number of carbonyl (C=O) groups is 1.